The molecule has 0 saturated carbocycles. The minimum absolute atomic E-state index is 0.782. The summed E-state index contributed by atoms with van der Waals surface area (Å²) in [6, 6.07) is 78.2. The highest BCUT2D eigenvalue weighted by atomic mass is 15.1. The maximum absolute atomic E-state index is 5.38. The first-order chi connectivity index (χ1) is 28.8. The number of imidazole rings is 1. The van der Waals surface area contributed by atoms with Crippen LogP contribution in [0.3, 0.4) is 0 Å². The molecule has 274 valence electrons. The smallest absolute Gasteiger partial charge is 0.142 e. The molecule has 0 aliphatic carbocycles. The molecule has 1 aliphatic rings. The summed E-state index contributed by atoms with van der Waals surface area (Å²) >= 11 is 0. The number of rotatable bonds is 8. The summed E-state index contributed by atoms with van der Waals surface area (Å²) in [5.41, 5.74) is 15.9. The third kappa shape index (κ3) is 5.82. The first-order valence-corrected chi connectivity index (χ1v) is 19.8. The van der Waals surface area contributed by atoms with Crippen molar-refractivity contribution < 1.29 is 0 Å². The molecular weight excluding hydrogens is 705 g/mol. The molecule has 4 nitrogen and oxygen atoms in total. The minimum atomic E-state index is 0.782. The van der Waals surface area contributed by atoms with E-state index in [9.17, 15) is 0 Å². The van der Waals surface area contributed by atoms with E-state index >= 15 is 0 Å². The zero-order valence-electron chi connectivity index (χ0n) is 31.8. The molecule has 0 bridgehead atoms. The Bertz CT molecular complexity index is 2960. The van der Waals surface area contributed by atoms with E-state index in [1.165, 1.54) is 27.5 Å². The topological polar surface area (TPSA) is 24.3 Å². The van der Waals surface area contributed by atoms with Gasteiger partial charge in [0, 0.05) is 39.7 Å². The van der Waals surface area contributed by atoms with Gasteiger partial charge in [0.15, 0.2) is 0 Å². The molecule has 0 radical (unpaired) electrons. The third-order valence-electron chi connectivity index (χ3n) is 11.4. The van der Waals surface area contributed by atoms with E-state index < -0.39 is 0 Å². The number of hydrogen-bond acceptors (Lipinski definition) is 3. The van der Waals surface area contributed by atoms with Crippen molar-refractivity contribution in [3.8, 4) is 33.6 Å². The molecule has 0 spiro atoms. The SMILES string of the molecule is c1ccc(N(c2ccccc2)c2ccc(-c3cc4nc5n(c4cc3-c3ccc(N(c4ccccc4)c4ccccc4)cc3)Cc3cccc4cccc-5c34)cc2)cc1. The fourth-order valence-corrected chi connectivity index (χ4v) is 8.70. The molecule has 2 heterocycles. The molecular formula is C54H38N4. The average Bonchev–Trinajstić information content (AvgIpc) is 3.66. The summed E-state index contributed by atoms with van der Waals surface area (Å²) in [6.07, 6.45) is 0. The van der Waals surface area contributed by atoms with Gasteiger partial charge in [-0.15, -0.1) is 0 Å². The van der Waals surface area contributed by atoms with Crippen LogP contribution in [0.5, 0.6) is 0 Å². The van der Waals surface area contributed by atoms with Gasteiger partial charge < -0.3 is 14.4 Å². The van der Waals surface area contributed by atoms with Crippen molar-refractivity contribution in [3.05, 3.63) is 224 Å². The predicted molar refractivity (Wildman–Crippen MR) is 242 cm³/mol. The molecule has 9 aromatic carbocycles. The number of anilines is 6. The monoisotopic (exact) mass is 742 g/mol. The maximum Gasteiger partial charge on any atom is 0.142 e. The Morgan fingerprint density at radius 1 is 0.379 bits per heavy atom. The molecule has 0 saturated heterocycles. The van der Waals surface area contributed by atoms with Crippen LogP contribution >= 0.6 is 0 Å². The Morgan fingerprint density at radius 2 is 0.810 bits per heavy atom. The Labute approximate surface area is 338 Å². The zero-order valence-corrected chi connectivity index (χ0v) is 31.8. The molecule has 1 aliphatic heterocycles. The van der Waals surface area contributed by atoms with Crippen LogP contribution in [0.25, 0.3) is 55.4 Å². The molecule has 1 aromatic heterocycles. The van der Waals surface area contributed by atoms with Gasteiger partial charge in [0.25, 0.3) is 0 Å². The van der Waals surface area contributed by atoms with Gasteiger partial charge in [-0.3, -0.25) is 0 Å². The number of aromatic nitrogens is 2. The summed E-state index contributed by atoms with van der Waals surface area (Å²) < 4.78 is 2.40. The molecule has 11 rings (SSSR count). The second kappa shape index (κ2) is 14.1. The van der Waals surface area contributed by atoms with Crippen molar-refractivity contribution in [1.82, 2.24) is 9.55 Å². The molecule has 0 N–H and O–H groups in total. The highest BCUT2D eigenvalue weighted by Gasteiger charge is 2.24. The Kier molecular flexibility index (Phi) is 8.18. The second-order valence-electron chi connectivity index (χ2n) is 14.8. The largest absolute Gasteiger partial charge is 0.319 e. The molecule has 0 amide bonds. The van der Waals surface area contributed by atoms with Gasteiger partial charge >= 0.3 is 0 Å². The average molecular weight is 743 g/mol. The van der Waals surface area contributed by atoms with E-state index in [1.54, 1.807) is 0 Å². The summed E-state index contributed by atoms with van der Waals surface area (Å²) in [5.74, 6) is 1.02. The van der Waals surface area contributed by atoms with Crippen LogP contribution in [-0.4, -0.2) is 9.55 Å². The predicted octanol–water partition coefficient (Wildman–Crippen LogP) is 14.5. The van der Waals surface area contributed by atoms with E-state index in [0.717, 1.165) is 74.2 Å². The summed E-state index contributed by atoms with van der Waals surface area (Å²) in [7, 11) is 0. The number of hydrogen-bond donors (Lipinski definition) is 0. The van der Waals surface area contributed by atoms with Crippen LogP contribution in [-0.2, 0) is 6.54 Å². The molecule has 10 aromatic rings. The van der Waals surface area contributed by atoms with Crippen LogP contribution in [0.2, 0.25) is 0 Å². The molecule has 0 fully saturated rings. The highest BCUT2D eigenvalue weighted by Crippen LogP contribution is 2.44. The van der Waals surface area contributed by atoms with Gasteiger partial charge in [0.05, 0.1) is 17.6 Å². The van der Waals surface area contributed by atoms with Crippen molar-refractivity contribution in [2.75, 3.05) is 9.80 Å². The Hall–Kier alpha value is -7.69. The Balaban J connectivity index is 1.07. The van der Waals surface area contributed by atoms with Crippen LogP contribution in [0.4, 0.5) is 34.1 Å². The van der Waals surface area contributed by atoms with Gasteiger partial charge in [0.1, 0.15) is 5.82 Å². The molecule has 0 atom stereocenters. The van der Waals surface area contributed by atoms with Crippen LogP contribution in [0.15, 0.2) is 218 Å². The second-order valence-corrected chi connectivity index (χ2v) is 14.8. The fraction of sp³-hybridized carbons (Fsp3) is 0.0185. The van der Waals surface area contributed by atoms with E-state index in [-0.39, 0.29) is 0 Å². The summed E-state index contributed by atoms with van der Waals surface area (Å²) in [6.45, 7) is 0.782. The van der Waals surface area contributed by atoms with Crippen molar-refractivity contribution in [2.24, 2.45) is 0 Å². The van der Waals surface area contributed by atoms with Crippen molar-refractivity contribution >= 4 is 55.9 Å². The number of benzene rings is 9. The van der Waals surface area contributed by atoms with Crippen molar-refractivity contribution in [1.29, 1.82) is 0 Å². The third-order valence-corrected chi connectivity index (χ3v) is 11.4. The van der Waals surface area contributed by atoms with Gasteiger partial charge in [0.2, 0.25) is 0 Å². The van der Waals surface area contributed by atoms with Crippen LogP contribution in [0, 0.1) is 0 Å². The standard InChI is InChI=1S/C54H38N4/c1-5-18-42(19-6-1)57(43-20-7-2-8-21-43)46-31-27-38(28-32-46)49-35-51-52(56-37-41-17-13-15-40-16-14-26-48(53(40)41)54(56)55-51)36-50(49)39-29-33-47(34-30-39)58(44-22-9-3-10-23-44)45-24-11-4-12-25-45/h1-36H,37H2. The maximum atomic E-state index is 5.38. The lowest BCUT2D eigenvalue weighted by Gasteiger charge is -2.26. The fourth-order valence-electron chi connectivity index (χ4n) is 8.70. The first kappa shape index (κ1) is 33.6. The molecule has 0 unspecified atom stereocenters. The summed E-state index contributed by atoms with van der Waals surface area (Å²) in [4.78, 5) is 9.99. The normalized spacial score (nSPS) is 11.7. The van der Waals surface area contributed by atoms with E-state index in [4.69, 9.17) is 4.98 Å². The zero-order chi connectivity index (χ0) is 38.4. The number of fused-ring (bicyclic) bond motifs is 4. The number of nitrogens with zero attached hydrogens (tertiary/aromatic N) is 4. The first-order valence-electron chi connectivity index (χ1n) is 19.8. The quantitative estimate of drug-likeness (QED) is 0.155. The molecule has 58 heavy (non-hydrogen) atoms. The Morgan fingerprint density at radius 3 is 1.29 bits per heavy atom. The van der Waals surface area contributed by atoms with Crippen molar-refractivity contribution in [3.63, 3.8) is 0 Å². The van der Waals surface area contributed by atoms with Crippen LogP contribution in [0.1, 0.15) is 5.56 Å². The highest BCUT2D eigenvalue weighted by molar-refractivity contribution is 6.02. The van der Waals surface area contributed by atoms with Crippen LogP contribution < -0.4 is 9.80 Å². The molecule has 4 heteroatoms. The van der Waals surface area contributed by atoms with E-state index in [0.29, 0.717) is 0 Å². The van der Waals surface area contributed by atoms with E-state index in [1.807, 2.05) is 0 Å². The van der Waals surface area contributed by atoms with Gasteiger partial charge in [-0.25, -0.2) is 4.98 Å². The number of para-hydroxylation sites is 4. The minimum Gasteiger partial charge on any atom is -0.319 e. The van der Waals surface area contributed by atoms with Gasteiger partial charge in [-0.2, -0.15) is 0 Å². The van der Waals surface area contributed by atoms with Crippen molar-refractivity contribution in [2.45, 2.75) is 6.54 Å². The van der Waals surface area contributed by atoms with E-state index in [2.05, 4.69) is 233 Å². The van der Waals surface area contributed by atoms with Gasteiger partial charge in [-0.1, -0.05) is 133 Å². The lowest BCUT2D eigenvalue weighted by Crippen LogP contribution is -2.09. The lowest BCUT2D eigenvalue weighted by molar-refractivity contribution is 0.831. The summed E-state index contributed by atoms with van der Waals surface area (Å²) in [5, 5.41) is 2.57. The van der Waals surface area contributed by atoms with Gasteiger partial charge in [-0.05, 0) is 124 Å². The lowest BCUT2D eigenvalue weighted by atomic mass is 9.93.